The van der Waals surface area contributed by atoms with Crippen LogP contribution in [0.2, 0.25) is 0 Å². The molecule has 0 bridgehead atoms. The van der Waals surface area contributed by atoms with Crippen LogP contribution >= 0.6 is 0 Å². The van der Waals surface area contributed by atoms with Crippen molar-refractivity contribution >= 4 is 32.7 Å². The Kier molecular flexibility index (Phi) is 7.22. The number of esters is 1. The summed E-state index contributed by atoms with van der Waals surface area (Å²) in [5.74, 6) is 0.761. The van der Waals surface area contributed by atoms with Gasteiger partial charge in [-0.15, -0.1) is 0 Å². The first kappa shape index (κ1) is 24.8. The highest BCUT2D eigenvalue weighted by Crippen LogP contribution is 2.25. The van der Waals surface area contributed by atoms with Gasteiger partial charge in [0, 0.05) is 7.05 Å². The van der Waals surface area contributed by atoms with Gasteiger partial charge < -0.3 is 14.0 Å². The van der Waals surface area contributed by atoms with E-state index in [1.165, 1.54) is 6.07 Å². The van der Waals surface area contributed by atoms with Gasteiger partial charge in [-0.2, -0.15) is 5.26 Å². The van der Waals surface area contributed by atoms with Crippen LogP contribution in [-0.2, 0) is 39.6 Å². The van der Waals surface area contributed by atoms with Crippen LogP contribution in [0, 0.1) is 11.3 Å². The van der Waals surface area contributed by atoms with Crippen molar-refractivity contribution in [2.24, 2.45) is 7.05 Å². The summed E-state index contributed by atoms with van der Waals surface area (Å²) < 4.78 is 41.5. The number of aromatic nitrogens is 2. The molecule has 0 aliphatic carbocycles. The number of rotatable bonds is 9. The van der Waals surface area contributed by atoms with Gasteiger partial charge in [-0.25, -0.2) is 13.4 Å². The predicted molar refractivity (Wildman–Crippen MR) is 134 cm³/mol. The summed E-state index contributed by atoms with van der Waals surface area (Å²) in [6, 6.07) is 20.2. The van der Waals surface area contributed by atoms with E-state index in [0.717, 1.165) is 0 Å². The number of fused-ring (bicyclic) bond motifs is 1. The molecule has 0 aliphatic heterocycles. The maximum Gasteiger partial charge on any atom is 0.310 e. The molecule has 4 rings (SSSR count). The van der Waals surface area contributed by atoms with E-state index in [4.69, 9.17) is 14.7 Å². The molecular formula is C26H24N4O5S. The number of carbonyl (C=O) groups excluding carboxylic acids is 1. The Hall–Kier alpha value is -4.36. The standard InChI is InChI=1S/C26H24N4O5S/c1-3-34-26(31)14-19-6-4-5-7-24(19)36(32,33)29-20-10-13-22-23(15-20)30(2)25(28-22)17-35-21-11-8-18(16-27)9-12-21/h4-13,15,29H,3,14,17H2,1-2H3. The van der Waals surface area contributed by atoms with Gasteiger partial charge in [-0.1, -0.05) is 18.2 Å². The molecule has 0 amide bonds. The van der Waals surface area contributed by atoms with Crippen molar-refractivity contribution in [3.8, 4) is 11.8 Å². The lowest BCUT2D eigenvalue weighted by Crippen LogP contribution is -2.17. The van der Waals surface area contributed by atoms with Gasteiger partial charge in [0.05, 0.1) is 46.3 Å². The molecule has 1 heterocycles. The van der Waals surface area contributed by atoms with Crippen LogP contribution in [0.15, 0.2) is 71.6 Å². The zero-order valence-electron chi connectivity index (χ0n) is 19.8. The topological polar surface area (TPSA) is 123 Å². The molecule has 1 N–H and O–H groups in total. The number of sulfonamides is 1. The van der Waals surface area contributed by atoms with Gasteiger partial charge in [-0.3, -0.25) is 9.52 Å². The van der Waals surface area contributed by atoms with E-state index in [-0.39, 0.29) is 24.5 Å². The number of aryl methyl sites for hydroxylation is 1. The minimum atomic E-state index is -3.97. The molecule has 184 valence electrons. The van der Waals surface area contributed by atoms with Crippen molar-refractivity contribution in [2.75, 3.05) is 11.3 Å². The number of nitriles is 1. The lowest BCUT2D eigenvalue weighted by molar-refractivity contribution is -0.142. The second kappa shape index (κ2) is 10.5. The first-order valence-corrected chi connectivity index (χ1v) is 12.6. The first-order valence-electron chi connectivity index (χ1n) is 11.2. The molecule has 0 atom stereocenters. The molecule has 3 aromatic carbocycles. The van der Waals surface area contributed by atoms with Gasteiger partial charge in [0.2, 0.25) is 0 Å². The fourth-order valence-electron chi connectivity index (χ4n) is 3.70. The number of benzene rings is 3. The zero-order chi connectivity index (χ0) is 25.7. The second-order valence-corrected chi connectivity index (χ2v) is 9.56. The smallest absolute Gasteiger partial charge is 0.310 e. The Morgan fingerprint density at radius 3 is 2.58 bits per heavy atom. The Bertz CT molecular complexity index is 1550. The third-order valence-corrected chi connectivity index (χ3v) is 6.96. The first-order chi connectivity index (χ1) is 17.3. The van der Waals surface area contributed by atoms with Gasteiger partial charge >= 0.3 is 5.97 Å². The third-order valence-electron chi connectivity index (χ3n) is 5.48. The van der Waals surface area contributed by atoms with Gasteiger partial charge in [0.25, 0.3) is 10.0 Å². The summed E-state index contributed by atoms with van der Waals surface area (Å²) in [7, 11) is -2.15. The number of ether oxygens (including phenoxy) is 2. The average Bonchev–Trinajstić information content (AvgIpc) is 3.18. The van der Waals surface area contributed by atoms with E-state index in [1.807, 2.05) is 11.6 Å². The average molecular weight is 505 g/mol. The summed E-state index contributed by atoms with van der Waals surface area (Å²) in [6.07, 6.45) is -0.145. The highest BCUT2D eigenvalue weighted by Gasteiger charge is 2.21. The Morgan fingerprint density at radius 2 is 1.86 bits per heavy atom. The SMILES string of the molecule is CCOC(=O)Cc1ccccc1S(=O)(=O)Nc1ccc2nc(COc3ccc(C#N)cc3)n(C)c2c1. The second-order valence-electron chi connectivity index (χ2n) is 7.91. The minimum Gasteiger partial charge on any atom is -0.486 e. The molecule has 9 nitrogen and oxygen atoms in total. The summed E-state index contributed by atoms with van der Waals surface area (Å²) in [4.78, 5) is 16.5. The molecule has 0 spiro atoms. The molecule has 0 saturated heterocycles. The maximum absolute atomic E-state index is 13.2. The molecule has 4 aromatic rings. The molecule has 0 unspecified atom stereocenters. The molecule has 0 aliphatic rings. The summed E-state index contributed by atoms with van der Waals surface area (Å²) >= 11 is 0. The van der Waals surface area contributed by atoms with Crippen LogP contribution in [0.1, 0.15) is 23.9 Å². The number of hydrogen-bond donors (Lipinski definition) is 1. The molecule has 0 fully saturated rings. The quantitative estimate of drug-likeness (QED) is 0.343. The van der Waals surface area contributed by atoms with E-state index >= 15 is 0 Å². The molecule has 1 aromatic heterocycles. The van der Waals surface area contributed by atoms with E-state index in [2.05, 4.69) is 15.8 Å². The summed E-state index contributed by atoms with van der Waals surface area (Å²) in [5, 5.41) is 8.91. The summed E-state index contributed by atoms with van der Waals surface area (Å²) in [5.41, 5.74) is 2.65. The van der Waals surface area contributed by atoms with E-state index in [1.54, 1.807) is 67.6 Å². The van der Waals surface area contributed by atoms with Crippen molar-refractivity contribution in [1.29, 1.82) is 5.26 Å². The lowest BCUT2D eigenvalue weighted by Gasteiger charge is -2.12. The van der Waals surface area contributed by atoms with Crippen molar-refractivity contribution in [2.45, 2.75) is 24.8 Å². The number of nitrogens with one attached hydrogen (secondary N) is 1. The minimum absolute atomic E-state index is 0.0136. The van der Waals surface area contributed by atoms with Crippen LogP contribution in [0.25, 0.3) is 11.0 Å². The number of imidazole rings is 1. The summed E-state index contributed by atoms with van der Waals surface area (Å²) in [6.45, 7) is 2.11. The van der Waals surface area contributed by atoms with Crippen LogP contribution in [-0.4, -0.2) is 30.5 Å². The van der Waals surface area contributed by atoms with E-state index in [0.29, 0.717) is 39.4 Å². The third kappa shape index (κ3) is 5.47. The fourth-order valence-corrected chi connectivity index (χ4v) is 4.99. The maximum atomic E-state index is 13.2. The van der Waals surface area contributed by atoms with Crippen molar-refractivity contribution in [3.05, 3.63) is 83.7 Å². The largest absolute Gasteiger partial charge is 0.486 e. The zero-order valence-corrected chi connectivity index (χ0v) is 20.6. The molecule has 36 heavy (non-hydrogen) atoms. The van der Waals surface area contributed by atoms with Crippen molar-refractivity contribution < 1.29 is 22.7 Å². The van der Waals surface area contributed by atoms with E-state index < -0.39 is 16.0 Å². The normalized spacial score (nSPS) is 11.1. The number of hydrogen-bond acceptors (Lipinski definition) is 7. The Labute approximate surface area is 209 Å². The molecule has 10 heteroatoms. The predicted octanol–water partition coefficient (Wildman–Crippen LogP) is 3.93. The molecule has 0 saturated carbocycles. The van der Waals surface area contributed by atoms with Gasteiger partial charge in [0.1, 0.15) is 18.2 Å². The highest BCUT2D eigenvalue weighted by atomic mass is 32.2. The Morgan fingerprint density at radius 1 is 1.11 bits per heavy atom. The molecular weight excluding hydrogens is 480 g/mol. The highest BCUT2D eigenvalue weighted by molar-refractivity contribution is 7.92. The van der Waals surface area contributed by atoms with Gasteiger partial charge in [0.15, 0.2) is 0 Å². The van der Waals surface area contributed by atoms with Crippen LogP contribution in [0.4, 0.5) is 5.69 Å². The van der Waals surface area contributed by atoms with Crippen LogP contribution < -0.4 is 9.46 Å². The van der Waals surface area contributed by atoms with Crippen LogP contribution in [0.3, 0.4) is 0 Å². The number of nitrogens with zero attached hydrogens (tertiary/aromatic N) is 3. The lowest BCUT2D eigenvalue weighted by atomic mass is 10.1. The fraction of sp³-hybridized carbons (Fsp3) is 0.192. The van der Waals surface area contributed by atoms with Crippen molar-refractivity contribution in [3.63, 3.8) is 0 Å². The van der Waals surface area contributed by atoms with E-state index in [9.17, 15) is 13.2 Å². The Balaban J connectivity index is 1.54. The van der Waals surface area contributed by atoms with Crippen LogP contribution in [0.5, 0.6) is 5.75 Å². The van der Waals surface area contributed by atoms with Gasteiger partial charge in [-0.05, 0) is 61.0 Å². The number of carbonyl (C=O) groups is 1. The van der Waals surface area contributed by atoms with Crippen molar-refractivity contribution in [1.82, 2.24) is 9.55 Å². The monoisotopic (exact) mass is 504 g/mol. The molecule has 0 radical (unpaired) electrons. The number of anilines is 1.